The maximum atomic E-state index is 5.34. The van der Waals surface area contributed by atoms with Crippen LogP contribution in [0.5, 0.6) is 0 Å². The fraction of sp³-hybridized carbons (Fsp3) is 0.100. The zero-order valence-corrected chi connectivity index (χ0v) is 7.20. The monoisotopic (exact) mass is 173 g/mol. The summed E-state index contributed by atoms with van der Waals surface area (Å²) in [5, 5.41) is 0. The average molecular weight is 173 g/mol. The molecule has 0 bridgehead atoms. The van der Waals surface area contributed by atoms with Gasteiger partial charge in [0.1, 0.15) is 5.82 Å². The van der Waals surface area contributed by atoms with E-state index in [1.54, 1.807) is 0 Å². The standard InChI is InChI=1S/C10H11N3/c11-7-3-6-10-12-8-4-1-2-5-9(8)13-10/h1-6H,7,11H2,(H,12,13). The molecule has 0 saturated heterocycles. The van der Waals surface area contributed by atoms with Gasteiger partial charge in [0.2, 0.25) is 0 Å². The normalized spacial score (nSPS) is 11.5. The number of aromatic nitrogens is 2. The number of rotatable bonds is 2. The smallest absolute Gasteiger partial charge is 0.130 e. The quantitative estimate of drug-likeness (QED) is 0.723. The molecule has 13 heavy (non-hydrogen) atoms. The lowest BCUT2D eigenvalue weighted by atomic mass is 10.3. The summed E-state index contributed by atoms with van der Waals surface area (Å²) in [6.45, 7) is 0.539. The van der Waals surface area contributed by atoms with Crippen LogP contribution in [0, 0.1) is 0 Å². The Labute approximate surface area is 76.3 Å². The molecule has 0 radical (unpaired) electrons. The van der Waals surface area contributed by atoms with E-state index in [0.29, 0.717) is 6.54 Å². The third-order valence-electron chi connectivity index (χ3n) is 1.82. The van der Waals surface area contributed by atoms with E-state index in [1.165, 1.54) is 0 Å². The van der Waals surface area contributed by atoms with E-state index in [-0.39, 0.29) is 0 Å². The van der Waals surface area contributed by atoms with E-state index >= 15 is 0 Å². The largest absolute Gasteiger partial charge is 0.338 e. The topological polar surface area (TPSA) is 54.7 Å². The molecule has 0 fully saturated rings. The number of imidazole rings is 1. The molecular weight excluding hydrogens is 162 g/mol. The molecule has 2 rings (SSSR count). The first kappa shape index (κ1) is 8.01. The summed E-state index contributed by atoms with van der Waals surface area (Å²) in [4.78, 5) is 7.53. The number of nitrogens with two attached hydrogens (primary N) is 1. The van der Waals surface area contributed by atoms with Crippen LogP contribution >= 0.6 is 0 Å². The van der Waals surface area contributed by atoms with Gasteiger partial charge in [0.25, 0.3) is 0 Å². The lowest BCUT2D eigenvalue weighted by molar-refractivity contribution is 1.24. The summed E-state index contributed by atoms with van der Waals surface area (Å²) in [5.41, 5.74) is 7.38. The number of aromatic amines is 1. The maximum Gasteiger partial charge on any atom is 0.130 e. The van der Waals surface area contributed by atoms with E-state index in [4.69, 9.17) is 5.73 Å². The number of nitrogens with zero attached hydrogens (tertiary/aromatic N) is 1. The molecule has 1 aromatic carbocycles. The lowest BCUT2D eigenvalue weighted by Gasteiger charge is -1.81. The predicted octanol–water partition coefficient (Wildman–Crippen LogP) is 1.53. The van der Waals surface area contributed by atoms with Gasteiger partial charge < -0.3 is 10.7 Å². The Hall–Kier alpha value is -1.61. The summed E-state index contributed by atoms with van der Waals surface area (Å²) in [6.07, 6.45) is 3.76. The second-order valence-electron chi connectivity index (χ2n) is 2.78. The van der Waals surface area contributed by atoms with Gasteiger partial charge in [0.15, 0.2) is 0 Å². The Morgan fingerprint density at radius 2 is 2.23 bits per heavy atom. The summed E-state index contributed by atoms with van der Waals surface area (Å²) < 4.78 is 0. The van der Waals surface area contributed by atoms with Crippen molar-refractivity contribution in [3.05, 3.63) is 36.2 Å². The van der Waals surface area contributed by atoms with E-state index < -0.39 is 0 Å². The first-order valence-electron chi connectivity index (χ1n) is 4.21. The highest BCUT2D eigenvalue weighted by atomic mass is 14.9. The van der Waals surface area contributed by atoms with Gasteiger partial charge in [-0.05, 0) is 18.2 Å². The molecule has 0 aliphatic carbocycles. The SMILES string of the molecule is NCC=Cc1nc2ccccc2[nH]1. The van der Waals surface area contributed by atoms with Crippen molar-refractivity contribution in [2.45, 2.75) is 0 Å². The summed E-state index contributed by atoms with van der Waals surface area (Å²) in [7, 11) is 0. The van der Waals surface area contributed by atoms with Gasteiger partial charge in [0, 0.05) is 6.54 Å². The van der Waals surface area contributed by atoms with Crippen LogP contribution in [0.1, 0.15) is 5.82 Å². The van der Waals surface area contributed by atoms with Crippen molar-refractivity contribution in [1.82, 2.24) is 9.97 Å². The molecule has 0 amide bonds. The first-order valence-corrected chi connectivity index (χ1v) is 4.21. The zero-order valence-electron chi connectivity index (χ0n) is 7.20. The van der Waals surface area contributed by atoms with Gasteiger partial charge in [-0.2, -0.15) is 0 Å². The third-order valence-corrected chi connectivity index (χ3v) is 1.82. The Balaban J connectivity index is 2.44. The van der Waals surface area contributed by atoms with Crippen LogP contribution in [0.4, 0.5) is 0 Å². The minimum Gasteiger partial charge on any atom is -0.338 e. The van der Waals surface area contributed by atoms with Crippen LogP contribution in [0.3, 0.4) is 0 Å². The Morgan fingerprint density at radius 3 is 3.00 bits per heavy atom. The van der Waals surface area contributed by atoms with Crippen LogP contribution in [0.25, 0.3) is 17.1 Å². The van der Waals surface area contributed by atoms with Crippen molar-refractivity contribution in [2.75, 3.05) is 6.54 Å². The second-order valence-corrected chi connectivity index (χ2v) is 2.78. The highest BCUT2D eigenvalue weighted by molar-refractivity contribution is 5.76. The van der Waals surface area contributed by atoms with E-state index in [2.05, 4.69) is 9.97 Å². The minimum absolute atomic E-state index is 0.539. The molecule has 0 unspecified atom stereocenters. The van der Waals surface area contributed by atoms with E-state index in [1.807, 2.05) is 36.4 Å². The molecule has 0 atom stereocenters. The number of hydrogen-bond acceptors (Lipinski definition) is 2. The van der Waals surface area contributed by atoms with Crippen molar-refractivity contribution >= 4 is 17.1 Å². The summed E-state index contributed by atoms with van der Waals surface area (Å²) in [6, 6.07) is 7.93. The van der Waals surface area contributed by atoms with Crippen LogP contribution in [0.15, 0.2) is 30.3 Å². The third kappa shape index (κ3) is 1.60. The average Bonchev–Trinajstić information content (AvgIpc) is 2.57. The number of benzene rings is 1. The van der Waals surface area contributed by atoms with Crippen molar-refractivity contribution in [1.29, 1.82) is 0 Å². The molecule has 0 aliphatic rings. The molecule has 0 aliphatic heterocycles. The summed E-state index contributed by atoms with van der Waals surface area (Å²) in [5.74, 6) is 0.853. The molecule has 66 valence electrons. The highest BCUT2D eigenvalue weighted by Crippen LogP contribution is 2.10. The molecular formula is C10H11N3. The predicted molar refractivity (Wildman–Crippen MR) is 54.2 cm³/mol. The molecule has 0 spiro atoms. The molecule has 2 aromatic rings. The Kier molecular flexibility index (Phi) is 2.10. The number of hydrogen-bond donors (Lipinski definition) is 2. The molecule has 3 heteroatoms. The summed E-state index contributed by atoms with van der Waals surface area (Å²) >= 11 is 0. The zero-order chi connectivity index (χ0) is 9.10. The molecule has 1 aromatic heterocycles. The number of H-pyrrole nitrogens is 1. The second kappa shape index (κ2) is 3.41. The Bertz CT molecular complexity index is 395. The van der Waals surface area contributed by atoms with Gasteiger partial charge in [-0.1, -0.05) is 18.2 Å². The van der Waals surface area contributed by atoms with Gasteiger partial charge in [0.05, 0.1) is 11.0 Å². The van der Waals surface area contributed by atoms with Crippen molar-refractivity contribution in [3.63, 3.8) is 0 Å². The molecule has 3 N–H and O–H groups in total. The maximum absolute atomic E-state index is 5.34. The lowest BCUT2D eigenvalue weighted by Crippen LogP contribution is -1.92. The fourth-order valence-electron chi connectivity index (χ4n) is 1.23. The van der Waals surface area contributed by atoms with Gasteiger partial charge in [-0.25, -0.2) is 4.98 Å². The first-order chi connectivity index (χ1) is 6.40. The number of para-hydroxylation sites is 2. The van der Waals surface area contributed by atoms with Gasteiger partial charge >= 0.3 is 0 Å². The van der Waals surface area contributed by atoms with Gasteiger partial charge in [-0.3, -0.25) is 0 Å². The van der Waals surface area contributed by atoms with Crippen molar-refractivity contribution in [2.24, 2.45) is 5.73 Å². The van der Waals surface area contributed by atoms with Gasteiger partial charge in [-0.15, -0.1) is 0 Å². The van der Waals surface area contributed by atoms with Crippen LogP contribution in [-0.4, -0.2) is 16.5 Å². The van der Waals surface area contributed by atoms with E-state index in [9.17, 15) is 0 Å². The minimum atomic E-state index is 0.539. The molecule has 3 nitrogen and oxygen atoms in total. The van der Waals surface area contributed by atoms with Crippen LogP contribution < -0.4 is 5.73 Å². The van der Waals surface area contributed by atoms with E-state index in [0.717, 1.165) is 16.9 Å². The van der Waals surface area contributed by atoms with Crippen molar-refractivity contribution in [3.8, 4) is 0 Å². The number of fused-ring (bicyclic) bond motifs is 1. The molecule has 0 saturated carbocycles. The fourth-order valence-corrected chi connectivity index (χ4v) is 1.23. The van der Waals surface area contributed by atoms with Crippen LogP contribution in [-0.2, 0) is 0 Å². The van der Waals surface area contributed by atoms with Crippen molar-refractivity contribution < 1.29 is 0 Å². The number of nitrogens with one attached hydrogen (secondary N) is 1. The molecule has 1 heterocycles. The highest BCUT2D eigenvalue weighted by Gasteiger charge is 1.96. The Morgan fingerprint density at radius 1 is 1.38 bits per heavy atom. The van der Waals surface area contributed by atoms with Crippen LogP contribution in [0.2, 0.25) is 0 Å².